The number of amides is 1. The van der Waals surface area contributed by atoms with Gasteiger partial charge in [0, 0.05) is 25.5 Å². The number of likely N-dealkylation sites (tertiary alicyclic amines) is 1. The van der Waals surface area contributed by atoms with Gasteiger partial charge in [0.05, 0.1) is 11.1 Å². The van der Waals surface area contributed by atoms with E-state index < -0.39 is 0 Å². The third-order valence-electron chi connectivity index (χ3n) is 3.46. The van der Waals surface area contributed by atoms with Crippen molar-refractivity contribution in [3.63, 3.8) is 0 Å². The third kappa shape index (κ3) is 1.48. The predicted octanol–water partition coefficient (Wildman–Crippen LogP) is 0.0399. The fourth-order valence-corrected chi connectivity index (χ4v) is 2.32. The maximum absolute atomic E-state index is 11.9. The van der Waals surface area contributed by atoms with Crippen LogP contribution in [-0.2, 0) is 0 Å². The Kier molecular flexibility index (Phi) is 1.97. The first-order chi connectivity index (χ1) is 7.69. The number of aromatic nitrogens is 2. The minimum absolute atomic E-state index is 0.0117. The fourth-order valence-electron chi connectivity index (χ4n) is 2.32. The van der Waals surface area contributed by atoms with Crippen LogP contribution in [0.15, 0.2) is 18.7 Å². The van der Waals surface area contributed by atoms with Crippen LogP contribution in [0.1, 0.15) is 23.2 Å². The molecule has 16 heavy (non-hydrogen) atoms. The Balaban J connectivity index is 1.66. The zero-order valence-electron chi connectivity index (χ0n) is 8.97. The maximum atomic E-state index is 11.9. The second-order valence-corrected chi connectivity index (χ2v) is 4.80. The Morgan fingerprint density at radius 1 is 1.38 bits per heavy atom. The van der Waals surface area contributed by atoms with Crippen molar-refractivity contribution in [2.75, 3.05) is 13.1 Å². The van der Waals surface area contributed by atoms with Gasteiger partial charge in [-0.25, -0.2) is 9.97 Å². The van der Waals surface area contributed by atoms with E-state index in [9.17, 15) is 4.79 Å². The molecule has 1 aliphatic carbocycles. The number of hydrogen-bond acceptors (Lipinski definition) is 4. The highest BCUT2D eigenvalue weighted by molar-refractivity contribution is 5.94. The van der Waals surface area contributed by atoms with Gasteiger partial charge in [-0.05, 0) is 18.8 Å². The molecule has 0 radical (unpaired) electrons. The lowest BCUT2D eigenvalue weighted by atomic mass is 9.85. The molecule has 1 aromatic heterocycles. The first-order valence-electron chi connectivity index (χ1n) is 5.52. The lowest BCUT2D eigenvalue weighted by Crippen LogP contribution is -2.69. The highest BCUT2D eigenvalue weighted by atomic mass is 16.2. The Hall–Kier alpha value is -1.49. The van der Waals surface area contributed by atoms with Crippen molar-refractivity contribution in [3.05, 3.63) is 24.3 Å². The van der Waals surface area contributed by atoms with Crippen LogP contribution in [-0.4, -0.2) is 39.4 Å². The standard InChI is InChI=1S/C11H14N4O/c12-11(9-1-2-9)5-15(6-11)10(16)8-3-13-7-14-4-8/h3-4,7,9H,1-2,5-6,12H2. The van der Waals surface area contributed by atoms with Gasteiger partial charge >= 0.3 is 0 Å². The van der Waals surface area contributed by atoms with E-state index in [1.807, 2.05) is 0 Å². The van der Waals surface area contributed by atoms with Gasteiger partial charge in [-0.1, -0.05) is 0 Å². The van der Waals surface area contributed by atoms with Crippen molar-refractivity contribution >= 4 is 5.91 Å². The van der Waals surface area contributed by atoms with E-state index in [0.717, 1.165) is 0 Å². The molecule has 1 saturated heterocycles. The molecule has 3 rings (SSSR count). The number of hydrogen-bond donors (Lipinski definition) is 1. The molecule has 1 aromatic rings. The van der Waals surface area contributed by atoms with Gasteiger partial charge in [0.2, 0.25) is 0 Å². The molecule has 2 fully saturated rings. The summed E-state index contributed by atoms with van der Waals surface area (Å²) in [5.41, 5.74) is 6.61. The molecule has 1 saturated carbocycles. The number of nitrogens with zero attached hydrogens (tertiary/aromatic N) is 3. The summed E-state index contributed by atoms with van der Waals surface area (Å²) in [6.07, 6.45) is 6.94. The van der Waals surface area contributed by atoms with Gasteiger partial charge in [0.15, 0.2) is 0 Å². The largest absolute Gasteiger partial charge is 0.335 e. The Morgan fingerprint density at radius 3 is 2.56 bits per heavy atom. The van der Waals surface area contributed by atoms with Crippen molar-refractivity contribution in [2.24, 2.45) is 11.7 Å². The maximum Gasteiger partial charge on any atom is 0.257 e. The van der Waals surface area contributed by atoms with E-state index >= 15 is 0 Å². The first kappa shape index (κ1) is 9.72. The first-order valence-corrected chi connectivity index (χ1v) is 5.52. The van der Waals surface area contributed by atoms with E-state index in [2.05, 4.69) is 9.97 Å². The van der Waals surface area contributed by atoms with Crippen LogP contribution in [0, 0.1) is 5.92 Å². The molecule has 2 heterocycles. The molecule has 0 unspecified atom stereocenters. The Bertz CT molecular complexity index is 409. The number of carbonyl (C=O) groups is 1. The fraction of sp³-hybridized carbons (Fsp3) is 0.545. The summed E-state index contributed by atoms with van der Waals surface area (Å²) in [4.78, 5) is 21.4. The van der Waals surface area contributed by atoms with Crippen LogP contribution in [0.4, 0.5) is 0 Å². The van der Waals surface area contributed by atoms with Gasteiger partial charge < -0.3 is 10.6 Å². The van der Waals surface area contributed by atoms with Crippen molar-refractivity contribution in [2.45, 2.75) is 18.4 Å². The van der Waals surface area contributed by atoms with Gasteiger partial charge in [-0.3, -0.25) is 4.79 Å². The van der Waals surface area contributed by atoms with Crippen molar-refractivity contribution in [3.8, 4) is 0 Å². The molecule has 0 bridgehead atoms. The average Bonchev–Trinajstić information content (AvgIpc) is 3.09. The topological polar surface area (TPSA) is 72.1 Å². The monoisotopic (exact) mass is 218 g/mol. The molecule has 2 N–H and O–H groups in total. The molecule has 0 atom stereocenters. The van der Waals surface area contributed by atoms with Gasteiger partial charge in [-0.15, -0.1) is 0 Å². The van der Waals surface area contributed by atoms with E-state index in [4.69, 9.17) is 5.73 Å². The predicted molar refractivity (Wildman–Crippen MR) is 57.6 cm³/mol. The van der Waals surface area contributed by atoms with E-state index in [-0.39, 0.29) is 11.4 Å². The summed E-state index contributed by atoms with van der Waals surface area (Å²) in [6.45, 7) is 1.34. The molecule has 5 nitrogen and oxygen atoms in total. The molecule has 84 valence electrons. The van der Waals surface area contributed by atoms with Crippen LogP contribution >= 0.6 is 0 Å². The van der Waals surface area contributed by atoms with E-state index in [1.165, 1.54) is 19.2 Å². The van der Waals surface area contributed by atoms with E-state index in [0.29, 0.717) is 24.6 Å². The summed E-state index contributed by atoms with van der Waals surface area (Å²) in [5.74, 6) is 0.617. The van der Waals surface area contributed by atoms with Gasteiger partial charge in [-0.2, -0.15) is 0 Å². The zero-order valence-corrected chi connectivity index (χ0v) is 8.97. The van der Waals surface area contributed by atoms with Gasteiger partial charge in [0.1, 0.15) is 6.33 Å². The molecular weight excluding hydrogens is 204 g/mol. The normalized spacial score (nSPS) is 22.7. The lowest BCUT2D eigenvalue weighted by Gasteiger charge is -2.48. The molecule has 0 aromatic carbocycles. The number of carbonyl (C=O) groups excluding carboxylic acids is 1. The molecule has 2 aliphatic rings. The van der Waals surface area contributed by atoms with Crippen molar-refractivity contribution in [1.82, 2.24) is 14.9 Å². The smallest absolute Gasteiger partial charge is 0.257 e. The molecule has 0 spiro atoms. The highest BCUT2D eigenvalue weighted by Gasteiger charge is 2.51. The van der Waals surface area contributed by atoms with Crippen molar-refractivity contribution < 1.29 is 4.79 Å². The van der Waals surface area contributed by atoms with Crippen LogP contribution in [0.3, 0.4) is 0 Å². The van der Waals surface area contributed by atoms with E-state index in [1.54, 1.807) is 17.3 Å². The van der Waals surface area contributed by atoms with Crippen LogP contribution in [0.25, 0.3) is 0 Å². The highest BCUT2D eigenvalue weighted by Crippen LogP contribution is 2.43. The summed E-state index contributed by atoms with van der Waals surface area (Å²) in [7, 11) is 0. The lowest BCUT2D eigenvalue weighted by molar-refractivity contribution is 0.0349. The van der Waals surface area contributed by atoms with Crippen molar-refractivity contribution in [1.29, 1.82) is 0 Å². The van der Waals surface area contributed by atoms with Crippen LogP contribution in [0.2, 0.25) is 0 Å². The number of nitrogens with two attached hydrogens (primary N) is 1. The average molecular weight is 218 g/mol. The molecule has 5 heteroatoms. The van der Waals surface area contributed by atoms with Crippen LogP contribution < -0.4 is 5.73 Å². The minimum Gasteiger partial charge on any atom is -0.335 e. The minimum atomic E-state index is -0.120. The third-order valence-corrected chi connectivity index (χ3v) is 3.46. The zero-order chi connectivity index (χ0) is 11.2. The molecular formula is C11H14N4O. The van der Waals surface area contributed by atoms with Crippen LogP contribution in [0.5, 0.6) is 0 Å². The summed E-state index contributed by atoms with van der Waals surface area (Å²) in [6, 6.07) is 0. The number of rotatable bonds is 2. The second kappa shape index (κ2) is 3.25. The van der Waals surface area contributed by atoms with Gasteiger partial charge in [0.25, 0.3) is 5.91 Å². The SMILES string of the molecule is NC1(C2CC2)CN(C(=O)c2cncnc2)C1. The molecule has 1 aliphatic heterocycles. The quantitative estimate of drug-likeness (QED) is 0.760. The summed E-state index contributed by atoms with van der Waals surface area (Å²) < 4.78 is 0. The Morgan fingerprint density at radius 2 is 2.00 bits per heavy atom. The second-order valence-electron chi connectivity index (χ2n) is 4.80. The molecule has 1 amide bonds. The summed E-state index contributed by atoms with van der Waals surface area (Å²) >= 11 is 0. The summed E-state index contributed by atoms with van der Waals surface area (Å²) in [5, 5.41) is 0. The Labute approximate surface area is 93.7 Å².